The summed E-state index contributed by atoms with van der Waals surface area (Å²) in [7, 11) is 0. The standard InChI is InChI=1S/C13H17F3N2O2/c14-13(15,16)20-12-3-1-2-9(6-12)17-7-10-4-5-11(8-19)18-10/h1-3,6,10-11,17-19H,4-5,7-8H2. The predicted octanol–water partition coefficient (Wildman–Crippen LogP) is 2.11. The molecular formula is C13H17F3N2O2. The van der Waals surface area contributed by atoms with Gasteiger partial charge in [-0.05, 0) is 25.0 Å². The Morgan fingerprint density at radius 3 is 2.70 bits per heavy atom. The van der Waals surface area contributed by atoms with Gasteiger partial charge in [0.25, 0.3) is 0 Å². The molecule has 1 aromatic rings. The summed E-state index contributed by atoms with van der Waals surface area (Å²) in [5.41, 5.74) is 0.570. The predicted molar refractivity (Wildman–Crippen MR) is 68.6 cm³/mol. The van der Waals surface area contributed by atoms with Gasteiger partial charge in [0.15, 0.2) is 0 Å². The van der Waals surface area contributed by atoms with Crippen LogP contribution in [0.3, 0.4) is 0 Å². The quantitative estimate of drug-likeness (QED) is 0.777. The fourth-order valence-electron chi connectivity index (χ4n) is 2.25. The molecule has 1 heterocycles. The zero-order chi connectivity index (χ0) is 14.6. The van der Waals surface area contributed by atoms with Crippen LogP contribution in [-0.4, -0.2) is 36.7 Å². The maximum atomic E-state index is 12.1. The third-order valence-corrected chi connectivity index (χ3v) is 3.18. The first-order valence-electron chi connectivity index (χ1n) is 6.43. The summed E-state index contributed by atoms with van der Waals surface area (Å²) in [4.78, 5) is 0. The Morgan fingerprint density at radius 2 is 2.05 bits per heavy atom. The number of aliphatic hydroxyl groups is 1. The van der Waals surface area contributed by atoms with E-state index in [0.29, 0.717) is 12.2 Å². The summed E-state index contributed by atoms with van der Waals surface area (Å²) >= 11 is 0. The van der Waals surface area contributed by atoms with Crippen LogP contribution in [0.5, 0.6) is 5.75 Å². The summed E-state index contributed by atoms with van der Waals surface area (Å²) in [6, 6.07) is 6.07. The molecule has 1 aliphatic rings. The van der Waals surface area contributed by atoms with E-state index < -0.39 is 6.36 Å². The van der Waals surface area contributed by atoms with Crippen molar-refractivity contribution in [3.8, 4) is 5.75 Å². The van der Waals surface area contributed by atoms with Gasteiger partial charge in [-0.25, -0.2) is 0 Å². The Labute approximate surface area is 114 Å². The van der Waals surface area contributed by atoms with Gasteiger partial charge in [0, 0.05) is 30.4 Å². The van der Waals surface area contributed by atoms with Crippen molar-refractivity contribution in [2.45, 2.75) is 31.3 Å². The van der Waals surface area contributed by atoms with Gasteiger partial charge in [0.05, 0.1) is 6.61 Å². The molecule has 112 valence electrons. The van der Waals surface area contributed by atoms with Crippen molar-refractivity contribution in [2.75, 3.05) is 18.5 Å². The number of ether oxygens (including phenoxy) is 1. The first kappa shape index (κ1) is 14.9. The summed E-state index contributed by atoms with van der Waals surface area (Å²) in [6.45, 7) is 0.692. The number of benzene rings is 1. The van der Waals surface area contributed by atoms with E-state index in [1.807, 2.05) is 0 Å². The molecule has 0 aliphatic carbocycles. The topological polar surface area (TPSA) is 53.5 Å². The van der Waals surface area contributed by atoms with Crippen LogP contribution >= 0.6 is 0 Å². The molecule has 0 radical (unpaired) electrons. The van der Waals surface area contributed by atoms with Crippen molar-refractivity contribution in [3.63, 3.8) is 0 Å². The molecule has 4 nitrogen and oxygen atoms in total. The highest BCUT2D eigenvalue weighted by molar-refractivity contribution is 5.48. The van der Waals surface area contributed by atoms with E-state index in [1.54, 1.807) is 6.07 Å². The number of rotatable bonds is 5. The van der Waals surface area contributed by atoms with Crippen LogP contribution in [0.4, 0.5) is 18.9 Å². The summed E-state index contributed by atoms with van der Waals surface area (Å²) in [5.74, 6) is -0.241. The van der Waals surface area contributed by atoms with Gasteiger partial charge in [-0.3, -0.25) is 0 Å². The fraction of sp³-hybridized carbons (Fsp3) is 0.538. The third-order valence-electron chi connectivity index (χ3n) is 3.18. The van der Waals surface area contributed by atoms with E-state index in [0.717, 1.165) is 12.8 Å². The van der Waals surface area contributed by atoms with Gasteiger partial charge in [0.2, 0.25) is 0 Å². The van der Waals surface area contributed by atoms with Gasteiger partial charge < -0.3 is 20.5 Å². The summed E-state index contributed by atoms with van der Waals surface area (Å²) < 4.78 is 40.2. The lowest BCUT2D eigenvalue weighted by atomic mass is 10.2. The first-order valence-corrected chi connectivity index (χ1v) is 6.43. The highest BCUT2D eigenvalue weighted by Gasteiger charge is 2.31. The molecule has 2 unspecified atom stereocenters. The lowest BCUT2D eigenvalue weighted by Crippen LogP contribution is -2.36. The lowest BCUT2D eigenvalue weighted by molar-refractivity contribution is -0.274. The van der Waals surface area contributed by atoms with E-state index in [9.17, 15) is 13.2 Å². The minimum absolute atomic E-state index is 0.103. The molecule has 3 N–H and O–H groups in total. The Hall–Kier alpha value is -1.47. The van der Waals surface area contributed by atoms with Gasteiger partial charge in [0.1, 0.15) is 5.75 Å². The number of nitrogens with one attached hydrogen (secondary N) is 2. The molecule has 1 saturated heterocycles. The molecule has 1 fully saturated rings. The molecule has 0 amide bonds. The molecule has 2 rings (SSSR count). The average Bonchev–Trinajstić information content (AvgIpc) is 2.83. The SMILES string of the molecule is OCC1CCC(CNc2cccc(OC(F)(F)F)c2)N1. The van der Waals surface area contributed by atoms with E-state index in [4.69, 9.17) is 5.11 Å². The minimum Gasteiger partial charge on any atom is -0.406 e. The molecule has 0 saturated carbocycles. The van der Waals surface area contributed by atoms with Crippen molar-refractivity contribution in [3.05, 3.63) is 24.3 Å². The van der Waals surface area contributed by atoms with Crippen LogP contribution in [0.2, 0.25) is 0 Å². The van der Waals surface area contributed by atoms with Crippen LogP contribution in [-0.2, 0) is 0 Å². The van der Waals surface area contributed by atoms with Crippen LogP contribution < -0.4 is 15.4 Å². The second-order valence-corrected chi connectivity index (χ2v) is 4.78. The van der Waals surface area contributed by atoms with Gasteiger partial charge in [-0.2, -0.15) is 0 Å². The van der Waals surface area contributed by atoms with E-state index in [1.165, 1.54) is 18.2 Å². The van der Waals surface area contributed by atoms with Gasteiger partial charge in [-0.15, -0.1) is 13.2 Å². The Kier molecular flexibility index (Phi) is 4.72. The highest BCUT2D eigenvalue weighted by atomic mass is 19.4. The Morgan fingerprint density at radius 1 is 1.30 bits per heavy atom. The molecule has 1 aliphatic heterocycles. The third kappa shape index (κ3) is 4.57. The molecule has 0 bridgehead atoms. The number of hydrogen-bond donors (Lipinski definition) is 3. The maximum Gasteiger partial charge on any atom is 0.573 e. The maximum absolute atomic E-state index is 12.1. The monoisotopic (exact) mass is 290 g/mol. The van der Waals surface area contributed by atoms with E-state index in [-0.39, 0.29) is 24.4 Å². The molecule has 2 atom stereocenters. The number of hydrogen-bond acceptors (Lipinski definition) is 4. The Bertz CT molecular complexity index is 440. The zero-order valence-electron chi connectivity index (χ0n) is 10.8. The van der Waals surface area contributed by atoms with Crippen LogP contribution in [0.25, 0.3) is 0 Å². The van der Waals surface area contributed by atoms with Crippen molar-refractivity contribution < 1.29 is 23.0 Å². The van der Waals surface area contributed by atoms with Gasteiger partial charge >= 0.3 is 6.36 Å². The summed E-state index contributed by atoms with van der Waals surface area (Å²) in [6.07, 6.45) is -2.85. The molecule has 0 spiro atoms. The number of halogens is 3. The smallest absolute Gasteiger partial charge is 0.406 e. The van der Waals surface area contributed by atoms with Crippen LogP contribution in [0.15, 0.2) is 24.3 Å². The highest BCUT2D eigenvalue weighted by Crippen LogP contribution is 2.25. The second-order valence-electron chi connectivity index (χ2n) is 4.78. The minimum atomic E-state index is -4.68. The number of alkyl halides is 3. The van der Waals surface area contributed by atoms with Crippen molar-refractivity contribution in [1.29, 1.82) is 0 Å². The van der Waals surface area contributed by atoms with Crippen molar-refractivity contribution in [1.82, 2.24) is 5.32 Å². The molecule has 1 aromatic carbocycles. The number of anilines is 1. The van der Waals surface area contributed by atoms with Crippen molar-refractivity contribution in [2.24, 2.45) is 0 Å². The molecule has 7 heteroatoms. The van der Waals surface area contributed by atoms with Gasteiger partial charge in [-0.1, -0.05) is 6.07 Å². The Balaban J connectivity index is 1.85. The zero-order valence-corrected chi connectivity index (χ0v) is 10.8. The van der Waals surface area contributed by atoms with Crippen LogP contribution in [0, 0.1) is 0 Å². The molecule has 0 aromatic heterocycles. The second kappa shape index (κ2) is 6.32. The fourth-order valence-corrected chi connectivity index (χ4v) is 2.25. The summed E-state index contributed by atoms with van der Waals surface area (Å²) in [5, 5.41) is 15.3. The van der Waals surface area contributed by atoms with Crippen molar-refractivity contribution >= 4 is 5.69 Å². The largest absolute Gasteiger partial charge is 0.573 e. The van der Waals surface area contributed by atoms with Crippen LogP contribution in [0.1, 0.15) is 12.8 Å². The number of aliphatic hydroxyl groups excluding tert-OH is 1. The normalized spacial score (nSPS) is 22.8. The lowest BCUT2D eigenvalue weighted by Gasteiger charge is -2.15. The van der Waals surface area contributed by atoms with E-state index in [2.05, 4.69) is 15.4 Å². The molecular weight excluding hydrogens is 273 g/mol. The molecule has 20 heavy (non-hydrogen) atoms. The van der Waals surface area contributed by atoms with E-state index >= 15 is 0 Å². The first-order chi connectivity index (χ1) is 9.46. The average molecular weight is 290 g/mol.